The Balaban J connectivity index is 1.07. The summed E-state index contributed by atoms with van der Waals surface area (Å²) in [5.41, 5.74) is 15.2. The molecule has 1 aromatic heterocycles. The Labute approximate surface area is 320 Å². The van der Waals surface area contributed by atoms with Crippen molar-refractivity contribution in [3.05, 3.63) is 199 Å². The third-order valence-corrected chi connectivity index (χ3v) is 11.8. The Kier molecular flexibility index (Phi) is 6.93. The smallest absolute Gasteiger partial charge is 0.135 e. The second kappa shape index (κ2) is 12.1. The molecule has 0 amide bonds. The molecule has 0 fully saturated rings. The molecule has 260 valence electrons. The molecule has 2 heteroatoms. The van der Waals surface area contributed by atoms with Crippen LogP contribution in [0.2, 0.25) is 0 Å². The summed E-state index contributed by atoms with van der Waals surface area (Å²) in [7, 11) is 0. The summed E-state index contributed by atoms with van der Waals surface area (Å²) in [4.78, 5) is 2.46. The topological polar surface area (TPSA) is 16.4 Å². The van der Waals surface area contributed by atoms with Gasteiger partial charge in [-0.15, -0.1) is 0 Å². The number of para-hydroxylation sites is 1. The first kappa shape index (κ1) is 31.6. The van der Waals surface area contributed by atoms with Gasteiger partial charge < -0.3 is 9.32 Å². The maximum Gasteiger partial charge on any atom is 0.135 e. The van der Waals surface area contributed by atoms with Crippen molar-refractivity contribution in [2.75, 3.05) is 4.90 Å². The highest BCUT2D eigenvalue weighted by Crippen LogP contribution is 2.52. The van der Waals surface area contributed by atoms with Gasteiger partial charge in [-0.2, -0.15) is 0 Å². The van der Waals surface area contributed by atoms with Crippen LogP contribution in [0.15, 0.2) is 192 Å². The van der Waals surface area contributed by atoms with Crippen LogP contribution < -0.4 is 4.90 Å². The minimum Gasteiger partial charge on any atom is -0.456 e. The second-order valence-corrected chi connectivity index (χ2v) is 15.3. The highest BCUT2D eigenvalue weighted by Gasteiger charge is 2.36. The van der Waals surface area contributed by atoms with Gasteiger partial charge >= 0.3 is 0 Å². The maximum absolute atomic E-state index is 6.14. The van der Waals surface area contributed by atoms with E-state index in [0.29, 0.717) is 0 Å². The molecule has 55 heavy (non-hydrogen) atoms. The summed E-state index contributed by atoms with van der Waals surface area (Å²) in [5.74, 6) is 0. The predicted octanol–water partition coefficient (Wildman–Crippen LogP) is 15.0. The molecule has 0 saturated carbocycles. The number of nitrogens with zero attached hydrogens (tertiary/aromatic N) is 1. The molecule has 10 aromatic rings. The molecular formula is C53H37NO. The highest BCUT2D eigenvalue weighted by atomic mass is 16.3. The van der Waals surface area contributed by atoms with Crippen LogP contribution in [0, 0.1) is 0 Å². The van der Waals surface area contributed by atoms with E-state index in [2.05, 4.69) is 195 Å². The van der Waals surface area contributed by atoms with E-state index in [0.717, 1.165) is 39.0 Å². The Bertz CT molecular complexity index is 3110. The third-order valence-electron chi connectivity index (χ3n) is 11.8. The molecule has 0 aliphatic heterocycles. The first-order valence-electron chi connectivity index (χ1n) is 19.1. The fraction of sp³-hybridized carbons (Fsp3) is 0.0566. The van der Waals surface area contributed by atoms with Crippen molar-refractivity contribution in [1.82, 2.24) is 0 Å². The van der Waals surface area contributed by atoms with E-state index in [1.54, 1.807) is 0 Å². The van der Waals surface area contributed by atoms with E-state index in [9.17, 15) is 0 Å². The van der Waals surface area contributed by atoms with Gasteiger partial charge in [-0.1, -0.05) is 147 Å². The number of furan rings is 1. The monoisotopic (exact) mass is 703 g/mol. The number of fused-ring (bicyclic) bond motifs is 9. The van der Waals surface area contributed by atoms with E-state index in [1.807, 2.05) is 12.1 Å². The van der Waals surface area contributed by atoms with Crippen LogP contribution in [0.5, 0.6) is 0 Å². The normalized spacial score (nSPS) is 13.1. The molecule has 0 bridgehead atoms. The molecule has 1 aliphatic rings. The highest BCUT2D eigenvalue weighted by molar-refractivity contribution is 6.14. The van der Waals surface area contributed by atoms with Crippen molar-refractivity contribution in [2.45, 2.75) is 19.3 Å². The average Bonchev–Trinajstić information content (AvgIpc) is 3.72. The summed E-state index contributed by atoms with van der Waals surface area (Å²) in [5, 5.41) is 7.24. The average molecular weight is 704 g/mol. The van der Waals surface area contributed by atoms with Crippen LogP contribution in [-0.2, 0) is 5.41 Å². The van der Waals surface area contributed by atoms with Gasteiger partial charge in [-0.3, -0.25) is 0 Å². The van der Waals surface area contributed by atoms with Crippen LogP contribution >= 0.6 is 0 Å². The van der Waals surface area contributed by atoms with Crippen molar-refractivity contribution in [3.63, 3.8) is 0 Å². The fourth-order valence-corrected chi connectivity index (χ4v) is 9.03. The van der Waals surface area contributed by atoms with Gasteiger partial charge in [0.1, 0.15) is 11.2 Å². The van der Waals surface area contributed by atoms with Crippen LogP contribution in [-0.4, -0.2) is 0 Å². The minimum absolute atomic E-state index is 0.178. The number of benzene rings is 9. The molecule has 1 heterocycles. The van der Waals surface area contributed by atoms with Crippen molar-refractivity contribution in [2.24, 2.45) is 0 Å². The van der Waals surface area contributed by atoms with Gasteiger partial charge in [0.2, 0.25) is 0 Å². The van der Waals surface area contributed by atoms with Gasteiger partial charge in [0, 0.05) is 32.9 Å². The summed E-state index contributed by atoms with van der Waals surface area (Å²) >= 11 is 0. The zero-order chi connectivity index (χ0) is 36.7. The lowest BCUT2D eigenvalue weighted by molar-refractivity contribution is 0.660. The molecule has 0 atom stereocenters. The first-order valence-corrected chi connectivity index (χ1v) is 19.1. The summed E-state index contributed by atoms with van der Waals surface area (Å²) in [6.07, 6.45) is 0. The lowest BCUT2D eigenvalue weighted by Gasteiger charge is -2.29. The Morgan fingerprint density at radius 1 is 0.382 bits per heavy atom. The maximum atomic E-state index is 6.14. The van der Waals surface area contributed by atoms with Gasteiger partial charge in [-0.05, 0) is 115 Å². The van der Waals surface area contributed by atoms with Crippen molar-refractivity contribution in [3.8, 4) is 33.4 Å². The number of anilines is 3. The lowest BCUT2D eigenvalue weighted by atomic mass is 9.81. The Morgan fingerprint density at radius 2 is 0.945 bits per heavy atom. The van der Waals surface area contributed by atoms with E-state index in [-0.39, 0.29) is 5.41 Å². The van der Waals surface area contributed by atoms with E-state index >= 15 is 0 Å². The minimum atomic E-state index is -0.178. The van der Waals surface area contributed by atoms with Crippen molar-refractivity contribution in [1.29, 1.82) is 0 Å². The molecular weight excluding hydrogens is 667 g/mol. The quantitative estimate of drug-likeness (QED) is 0.166. The molecule has 11 rings (SSSR count). The number of hydrogen-bond acceptors (Lipinski definition) is 2. The summed E-state index contributed by atoms with van der Waals surface area (Å²) < 4.78 is 6.14. The molecule has 9 aromatic carbocycles. The molecule has 0 N–H and O–H groups in total. The molecule has 2 nitrogen and oxygen atoms in total. The standard InChI is InChI=1S/C53H37NO/c1-53(2)48-31-37(34-12-4-3-5-13-34)22-27-43(48)44-28-26-40(33-49(44)53)54(50-32-38-14-6-7-15-41(38)42-16-8-9-17-45(42)50)39-24-20-35(21-25-39)36-23-29-52-47(30-36)46-18-10-11-19-51(46)55-52/h3-33H,1-2H3. The van der Waals surface area contributed by atoms with E-state index in [1.165, 1.54) is 66.1 Å². The van der Waals surface area contributed by atoms with Crippen LogP contribution in [0.4, 0.5) is 17.1 Å². The van der Waals surface area contributed by atoms with Crippen molar-refractivity contribution < 1.29 is 4.42 Å². The largest absolute Gasteiger partial charge is 0.456 e. The molecule has 0 unspecified atom stereocenters. The number of rotatable bonds is 5. The molecule has 1 aliphatic carbocycles. The fourth-order valence-electron chi connectivity index (χ4n) is 9.03. The molecule has 0 spiro atoms. The lowest BCUT2D eigenvalue weighted by Crippen LogP contribution is -2.17. The van der Waals surface area contributed by atoms with E-state index in [4.69, 9.17) is 4.42 Å². The zero-order valence-electron chi connectivity index (χ0n) is 30.8. The SMILES string of the molecule is CC1(C)c2cc(-c3ccccc3)ccc2-c2ccc(N(c3ccc(-c4ccc5oc6ccccc6c5c4)cc3)c3cc4ccccc4c4ccccc34)cc21. The van der Waals surface area contributed by atoms with Crippen molar-refractivity contribution >= 4 is 60.5 Å². The Hall–Kier alpha value is -6.90. The van der Waals surface area contributed by atoms with E-state index < -0.39 is 0 Å². The first-order chi connectivity index (χ1) is 27.0. The van der Waals surface area contributed by atoms with Gasteiger partial charge in [0.05, 0.1) is 5.69 Å². The van der Waals surface area contributed by atoms with Crippen LogP contribution in [0.1, 0.15) is 25.0 Å². The van der Waals surface area contributed by atoms with Gasteiger partial charge in [-0.25, -0.2) is 0 Å². The predicted molar refractivity (Wildman–Crippen MR) is 232 cm³/mol. The Morgan fingerprint density at radius 3 is 1.76 bits per heavy atom. The molecule has 0 radical (unpaired) electrons. The summed E-state index contributed by atoms with van der Waals surface area (Å²) in [6, 6.07) is 68.6. The van der Waals surface area contributed by atoms with Crippen LogP contribution in [0.25, 0.3) is 76.9 Å². The zero-order valence-corrected chi connectivity index (χ0v) is 30.8. The van der Waals surface area contributed by atoms with Crippen LogP contribution in [0.3, 0.4) is 0 Å². The number of hydrogen-bond donors (Lipinski definition) is 0. The van der Waals surface area contributed by atoms with Gasteiger partial charge in [0.25, 0.3) is 0 Å². The summed E-state index contributed by atoms with van der Waals surface area (Å²) in [6.45, 7) is 4.75. The molecule has 0 saturated heterocycles. The third kappa shape index (κ3) is 4.95. The van der Waals surface area contributed by atoms with Gasteiger partial charge in [0.15, 0.2) is 0 Å². The second-order valence-electron chi connectivity index (χ2n) is 15.3.